The van der Waals surface area contributed by atoms with Gasteiger partial charge in [0.15, 0.2) is 0 Å². The van der Waals surface area contributed by atoms with E-state index in [4.69, 9.17) is 4.74 Å². The van der Waals surface area contributed by atoms with Crippen LogP contribution >= 0.6 is 11.8 Å². The summed E-state index contributed by atoms with van der Waals surface area (Å²) in [6, 6.07) is 4.39. The van der Waals surface area contributed by atoms with Crippen LogP contribution in [0.5, 0.6) is 5.75 Å². The Labute approximate surface area is 153 Å². The van der Waals surface area contributed by atoms with E-state index in [9.17, 15) is 18.3 Å². The molecule has 1 aliphatic heterocycles. The van der Waals surface area contributed by atoms with Crippen molar-refractivity contribution in [2.45, 2.75) is 55.9 Å². The second kappa shape index (κ2) is 6.81. The fourth-order valence-electron chi connectivity index (χ4n) is 2.72. The van der Waals surface area contributed by atoms with Gasteiger partial charge in [0.25, 0.3) is 0 Å². The first-order valence-corrected chi connectivity index (χ1v) is 10.4. The van der Waals surface area contributed by atoms with Crippen LogP contribution in [0.15, 0.2) is 29.2 Å². The molecule has 0 radical (unpaired) electrons. The Morgan fingerprint density at radius 3 is 2.36 bits per heavy atom. The van der Waals surface area contributed by atoms with E-state index in [-0.39, 0.29) is 17.2 Å². The van der Waals surface area contributed by atoms with Crippen LogP contribution in [0.2, 0.25) is 0 Å². The molecule has 0 amide bonds. The van der Waals surface area contributed by atoms with E-state index in [1.807, 2.05) is 13.8 Å². The second-order valence-corrected chi connectivity index (χ2v) is 11.1. The van der Waals surface area contributed by atoms with Gasteiger partial charge in [-0.2, -0.15) is 16.1 Å². The number of sulfonamides is 1. The van der Waals surface area contributed by atoms with Gasteiger partial charge in [-0.25, -0.2) is 8.42 Å². The Bertz CT molecular complexity index is 735. The summed E-state index contributed by atoms with van der Waals surface area (Å²) in [6.07, 6.45) is 0. The van der Waals surface area contributed by atoms with Crippen molar-refractivity contribution in [2.75, 3.05) is 12.3 Å². The summed E-state index contributed by atoms with van der Waals surface area (Å²) in [4.78, 5) is 12.8. The van der Waals surface area contributed by atoms with Gasteiger partial charge in [-0.1, -0.05) is 0 Å². The van der Waals surface area contributed by atoms with Crippen molar-refractivity contribution in [1.82, 2.24) is 4.31 Å². The minimum atomic E-state index is -3.89. The number of aromatic hydroxyl groups is 1. The van der Waals surface area contributed by atoms with Gasteiger partial charge in [0.1, 0.15) is 17.4 Å². The monoisotopic (exact) mass is 387 g/mol. The number of nitrogens with zero attached hydrogens (tertiary/aromatic N) is 1. The fourth-order valence-corrected chi connectivity index (χ4v) is 5.81. The highest BCUT2D eigenvalue weighted by atomic mass is 32.2. The molecular weight excluding hydrogens is 362 g/mol. The SMILES string of the molecule is CC(C)(C)OC(=O)[C@@H]1N(S(=O)(=O)c2ccc(O)cc2)CCSC1(C)C. The van der Waals surface area contributed by atoms with Crippen LogP contribution in [0.25, 0.3) is 0 Å². The molecule has 0 bridgehead atoms. The number of hydrogen-bond acceptors (Lipinski definition) is 6. The zero-order chi connectivity index (χ0) is 19.0. The molecule has 0 saturated carbocycles. The Kier molecular flexibility index (Phi) is 5.47. The largest absolute Gasteiger partial charge is 0.508 e. The van der Waals surface area contributed by atoms with E-state index < -0.39 is 32.4 Å². The number of esters is 1. The van der Waals surface area contributed by atoms with Gasteiger partial charge in [-0.15, -0.1) is 0 Å². The molecule has 0 unspecified atom stereocenters. The molecular formula is C17H25NO5S2. The Morgan fingerprint density at radius 1 is 1.28 bits per heavy atom. The number of phenolic OH excluding ortho intramolecular Hbond substituents is 1. The van der Waals surface area contributed by atoms with Crippen LogP contribution < -0.4 is 0 Å². The highest BCUT2D eigenvalue weighted by molar-refractivity contribution is 8.00. The van der Waals surface area contributed by atoms with Gasteiger partial charge in [0.2, 0.25) is 10.0 Å². The van der Waals surface area contributed by atoms with Gasteiger partial charge in [-0.3, -0.25) is 4.79 Å². The molecule has 1 N–H and O–H groups in total. The number of ether oxygens (including phenoxy) is 1. The van der Waals surface area contributed by atoms with Crippen LogP contribution in [-0.4, -0.2) is 52.5 Å². The standard InChI is InChI=1S/C17H25NO5S2/c1-16(2,3)23-15(20)14-17(4,5)24-11-10-18(14)25(21,22)13-8-6-12(19)7-9-13/h6-9,14,19H,10-11H2,1-5H3/t14-/m0/s1. The molecule has 1 fully saturated rings. The third-order valence-electron chi connectivity index (χ3n) is 3.81. The Morgan fingerprint density at radius 2 is 1.84 bits per heavy atom. The lowest BCUT2D eigenvalue weighted by Gasteiger charge is -2.44. The van der Waals surface area contributed by atoms with Gasteiger partial charge in [0.05, 0.1) is 4.90 Å². The topological polar surface area (TPSA) is 83.9 Å². The third kappa shape index (κ3) is 4.48. The summed E-state index contributed by atoms with van der Waals surface area (Å²) in [6.45, 7) is 9.20. The molecule has 0 spiro atoms. The highest BCUT2D eigenvalue weighted by Gasteiger charge is 2.49. The van der Waals surface area contributed by atoms with Crippen LogP contribution in [0, 0.1) is 0 Å². The van der Waals surface area contributed by atoms with Crippen LogP contribution in [-0.2, 0) is 19.6 Å². The maximum absolute atomic E-state index is 13.1. The lowest BCUT2D eigenvalue weighted by atomic mass is 10.0. The number of thioether (sulfide) groups is 1. The number of carbonyl (C=O) groups excluding carboxylic acids is 1. The molecule has 0 aromatic heterocycles. The summed E-state index contributed by atoms with van der Waals surface area (Å²) in [5.74, 6) is 0.0214. The first-order valence-electron chi connectivity index (χ1n) is 8.02. The van der Waals surface area contributed by atoms with E-state index in [1.165, 1.54) is 28.6 Å². The zero-order valence-electron chi connectivity index (χ0n) is 15.1. The van der Waals surface area contributed by atoms with Crippen molar-refractivity contribution in [1.29, 1.82) is 0 Å². The highest BCUT2D eigenvalue weighted by Crippen LogP contribution is 2.39. The molecule has 1 aliphatic rings. The van der Waals surface area contributed by atoms with Gasteiger partial charge < -0.3 is 9.84 Å². The molecule has 0 aliphatic carbocycles. The van der Waals surface area contributed by atoms with Gasteiger partial charge in [-0.05, 0) is 58.9 Å². The minimum absolute atomic E-state index is 0.0165. The van der Waals surface area contributed by atoms with E-state index in [0.717, 1.165) is 0 Å². The number of rotatable bonds is 3. The van der Waals surface area contributed by atoms with Crippen molar-refractivity contribution in [3.05, 3.63) is 24.3 Å². The zero-order valence-corrected chi connectivity index (χ0v) is 16.8. The van der Waals surface area contributed by atoms with Gasteiger partial charge in [0, 0.05) is 17.0 Å². The van der Waals surface area contributed by atoms with E-state index in [2.05, 4.69) is 0 Å². The van der Waals surface area contributed by atoms with Crippen LogP contribution in [0.3, 0.4) is 0 Å². The van der Waals surface area contributed by atoms with Crippen molar-refractivity contribution in [3.63, 3.8) is 0 Å². The van der Waals surface area contributed by atoms with Crippen molar-refractivity contribution in [2.24, 2.45) is 0 Å². The molecule has 1 aromatic carbocycles. The normalized spacial score (nSPS) is 21.7. The molecule has 1 aromatic rings. The van der Waals surface area contributed by atoms with E-state index in [1.54, 1.807) is 32.5 Å². The minimum Gasteiger partial charge on any atom is -0.508 e. The maximum atomic E-state index is 13.1. The lowest BCUT2D eigenvalue weighted by molar-refractivity contribution is -0.160. The molecule has 140 valence electrons. The smallest absolute Gasteiger partial charge is 0.326 e. The molecule has 1 saturated heterocycles. The average Bonchev–Trinajstić information content (AvgIpc) is 2.44. The average molecular weight is 388 g/mol. The van der Waals surface area contributed by atoms with Crippen molar-refractivity contribution < 1.29 is 23.1 Å². The predicted molar refractivity (Wildman–Crippen MR) is 98.2 cm³/mol. The molecule has 2 rings (SSSR count). The third-order valence-corrected chi connectivity index (χ3v) is 7.04. The summed E-state index contributed by atoms with van der Waals surface area (Å²) in [5, 5.41) is 9.40. The van der Waals surface area contributed by atoms with Crippen LogP contribution in [0.1, 0.15) is 34.6 Å². The predicted octanol–water partition coefficient (Wildman–Crippen LogP) is 2.62. The number of carbonyl (C=O) groups is 1. The molecule has 8 heteroatoms. The number of hydrogen-bond donors (Lipinski definition) is 1. The van der Waals surface area contributed by atoms with Crippen molar-refractivity contribution >= 4 is 27.8 Å². The summed E-state index contributed by atoms with van der Waals surface area (Å²) in [5.41, 5.74) is -0.705. The summed E-state index contributed by atoms with van der Waals surface area (Å²) < 4.78 is 32.3. The quantitative estimate of drug-likeness (QED) is 0.803. The molecule has 25 heavy (non-hydrogen) atoms. The van der Waals surface area contributed by atoms with E-state index >= 15 is 0 Å². The first-order chi connectivity index (χ1) is 11.3. The lowest BCUT2D eigenvalue weighted by Crippen LogP contribution is -2.59. The molecule has 6 nitrogen and oxygen atoms in total. The summed E-state index contributed by atoms with van der Waals surface area (Å²) >= 11 is 1.55. The fraction of sp³-hybridized carbons (Fsp3) is 0.588. The van der Waals surface area contributed by atoms with Gasteiger partial charge >= 0.3 is 5.97 Å². The Balaban J connectivity index is 2.45. The maximum Gasteiger partial charge on any atom is 0.326 e. The van der Waals surface area contributed by atoms with E-state index in [0.29, 0.717) is 5.75 Å². The van der Waals surface area contributed by atoms with Crippen LogP contribution in [0.4, 0.5) is 0 Å². The molecule has 1 heterocycles. The number of benzene rings is 1. The van der Waals surface area contributed by atoms with Crippen molar-refractivity contribution in [3.8, 4) is 5.75 Å². The first kappa shape index (κ1) is 20.1. The second-order valence-electron chi connectivity index (χ2n) is 7.50. The molecule has 1 atom stereocenters. The Hall–Kier alpha value is -1.25. The summed E-state index contributed by atoms with van der Waals surface area (Å²) in [7, 11) is -3.89. The number of phenols is 1.